The van der Waals surface area contributed by atoms with E-state index in [4.69, 9.17) is 0 Å². The maximum Gasteiger partial charge on any atom is 0.127 e. The van der Waals surface area contributed by atoms with E-state index in [-0.39, 0.29) is 0 Å². The summed E-state index contributed by atoms with van der Waals surface area (Å²) in [6.07, 6.45) is 4.45. The van der Waals surface area contributed by atoms with Crippen molar-refractivity contribution in [3.8, 4) is 0 Å². The summed E-state index contributed by atoms with van der Waals surface area (Å²) in [5.41, 5.74) is 2.65. The molecule has 3 aliphatic rings. The summed E-state index contributed by atoms with van der Waals surface area (Å²) in [6.45, 7) is 14.4. The lowest BCUT2D eigenvalue weighted by Gasteiger charge is -2.43. The van der Waals surface area contributed by atoms with Gasteiger partial charge in [0.1, 0.15) is 32.7 Å². The van der Waals surface area contributed by atoms with Crippen molar-refractivity contribution in [3.63, 3.8) is 0 Å². The number of rotatable bonds is 3. The van der Waals surface area contributed by atoms with Crippen LogP contribution in [0.25, 0.3) is 0 Å². The maximum atomic E-state index is 2.61. The topological polar surface area (TPSA) is 8.88 Å². The summed E-state index contributed by atoms with van der Waals surface area (Å²) in [4.78, 5) is 3.71. The molecule has 1 aromatic rings. The molecule has 0 unspecified atom stereocenters. The summed E-state index contributed by atoms with van der Waals surface area (Å²) in [5.74, 6) is 0.986. The van der Waals surface area contributed by atoms with Crippen LogP contribution in [-0.2, 0) is 6.54 Å². The molecule has 1 aliphatic heterocycles. The Kier molecular flexibility index (Phi) is 3.81. The Hall–Kier alpha value is -0.860. The van der Waals surface area contributed by atoms with Crippen molar-refractivity contribution in [1.29, 1.82) is 0 Å². The summed E-state index contributed by atoms with van der Waals surface area (Å²) < 4.78 is 0. The van der Waals surface area contributed by atoms with Crippen molar-refractivity contribution in [1.82, 2.24) is 0 Å². The van der Waals surface area contributed by atoms with Crippen molar-refractivity contribution in [2.75, 3.05) is 26.2 Å². The molecule has 1 saturated heterocycles. The second kappa shape index (κ2) is 5.60. The standard InChI is InChI=1S/C21H32N2/c1-20(2)18-9-10-21(20,3)19(15-18)23-13-11-22(12-14-23)16-17-7-5-4-6-8-17/h4-8,18-19H,9-16H2,1-3H3/p+2/t18-,19-,21-/m1/s1. The van der Waals surface area contributed by atoms with E-state index in [0.717, 1.165) is 12.0 Å². The van der Waals surface area contributed by atoms with Crippen LogP contribution in [0.4, 0.5) is 0 Å². The monoisotopic (exact) mass is 314 g/mol. The van der Waals surface area contributed by atoms with Gasteiger partial charge >= 0.3 is 0 Å². The first-order valence-corrected chi connectivity index (χ1v) is 9.73. The fraction of sp³-hybridized carbons (Fsp3) is 0.714. The molecule has 3 atom stereocenters. The minimum absolute atomic E-state index is 0.568. The minimum atomic E-state index is 0.568. The number of hydrogen-bond donors (Lipinski definition) is 2. The fourth-order valence-corrected chi connectivity index (χ4v) is 6.16. The van der Waals surface area contributed by atoms with Gasteiger partial charge in [0.2, 0.25) is 0 Å². The molecule has 126 valence electrons. The number of quaternary nitrogens is 2. The van der Waals surface area contributed by atoms with E-state index < -0.39 is 0 Å². The van der Waals surface area contributed by atoms with E-state index in [1.807, 2.05) is 4.90 Å². The lowest BCUT2D eigenvalue weighted by atomic mass is 9.68. The molecule has 0 amide bonds. The van der Waals surface area contributed by atoms with Crippen LogP contribution in [0.3, 0.4) is 0 Å². The first kappa shape index (κ1) is 15.7. The fourth-order valence-electron chi connectivity index (χ4n) is 6.16. The van der Waals surface area contributed by atoms with E-state index in [1.165, 1.54) is 57.5 Å². The molecule has 0 aromatic heterocycles. The van der Waals surface area contributed by atoms with Gasteiger partial charge in [0, 0.05) is 17.4 Å². The second-order valence-electron chi connectivity index (χ2n) is 9.23. The molecule has 3 fully saturated rings. The molecule has 2 N–H and O–H groups in total. The predicted molar refractivity (Wildman–Crippen MR) is 94.6 cm³/mol. The van der Waals surface area contributed by atoms with Gasteiger partial charge < -0.3 is 9.80 Å². The number of fused-ring (bicyclic) bond motifs is 2. The van der Waals surface area contributed by atoms with Gasteiger partial charge in [-0.15, -0.1) is 0 Å². The Morgan fingerprint density at radius 2 is 1.70 bits per heavy atom. The number of nitrogens with one attached hydrogen (secondary N) is 2. The molecule has 23 heavy (non-hydrogen) atoms. The number of piperazine rings is 1. The highest BCUT2D eigenvalue weighted by molar-refractivity contribution is 5.13. The predicted octanol–water partition coefficient (Wildman–Crippen LogP) is 1.18. The van der Waals surface area contributed by atoms with Gasteiger partial charge in [0.25, 0.3) is 0 Å². The zero-order chi connectivity index (χ0) is 16.1. The van der Waals surface area contributed by atoms with Crippen LogP contribution < -0.4 is 9.80 Å². The number of benzene rings is 1. The van der Waals surface area contributed by atoms with Gasteiger partial charge in [-0.1, -0.05) is 51.1 Å². The summed E-state index contributed by atoms with van der Waals surface area (Å²) in [5, 5.41) is 0. The number of hydrogen-bond acceptors (Lipinski definition) is 0. The Labute approximate surface area is 141 Å². The molecular weight excluding hydrogens is 280 g/mol. The van der Waals surface area contributed by atoms with Gasteiger partial charge in [0.05, 0.1) is 6.04 Å². The van der Waals surface area contributed by atoms with Crippen molar-refractivity contribution < 1.29 is 9.80 Å². The first-order chi connectivity index (χ1) is 11.0. The van der Waals surface area contributed by atoms with Crippen LogP contribution in [0.15, 0.2) is 30.3 Å². The maximum absolute atomic E-state index is 2.61. The minimum Gasteiger partial charge on any atom is -0.323 e. The highest BCUT2D eigenvalue weighted by Gasteiger charge is 2.64. The van der Waals surface area contributed by atoms with Crippen molar-refractivity contribution in [3.05, 3.63) is 35.9 Å². The largest absolute Gasteiger partial charge is 0.323 e. The third-order valence-electron chi connectivity index (χ3n) is 8.18. The van der Waals surface area contributed by atoms with Crippen LogP contribution in [0.2, 0.25) is 0 Å². The Morgan fingerprint density at radius 3 is 2.26 bits per heavy atom. The molecule has 1 heterocycles. The zero-order valence-electron chi connectivity index (χ0n) is 15.2. The van der Waals surface area contributed by atoms with Crippen LogP contribution in [0, 0.1) is 16.7 Å². The van der Waals surface area contributed by atoms with E-state index in [2.05, 4.69) is 51.1 Å². The lowest BCUT2D eigenvalue weighted by molar-refractivity contribution is -1.03. The van der Waals surface area contributed by atoms with Gasteiger partial charge in [0.15, 0.2) is 0 Å². The van der Waals surface area contributed by atoms with Gasteiger partial charge in [-0.2, -0.15) is 0 Å². The second-order valence-corrected chi connectivity index (χ2v) is 9.23. The molecule has 2 heteroatoms. The average molecular weight is 315 g/mol. The highest BCUT2D eigenvalue weighted by Crippen LogP contribution is 2.64. The van der Waals surface area contributed by atoms with E-state index in [9.17, 15) is 0 Å². The smallest absolute Gasteiger partial charge is 0.127 e. The van der Waals surface area contributed by atoms with Crippen molar-refractivity contribution in [2.45, 2.75) is 52.6 Å². The lowest BCUT2D eigenvalue weighted by Crippen LogP contribution is -3.29. The zero-order valence-corrected chi connectivity index (χ0v) is 15.2. The van der Waals surface area contributed by atoms with Crippen LogP contribution in [-0.4, -0.2) is 32.2 Å². The van der Waals surface area contributed by atoms with Crippen LogP contribution >= 0.6 is 0 Å². The van der Waals surface area contributed by atoms with Crippen molar-refractivity contribution >= 4 is 0 Å². The Morgan fingerprint density at radius 1 is 1.00 bits per heavy atom. The average Bonchev–Trinajstić information content (AvgIpc) is 2.90. The molecule has 2 saturated carbocycles. The van der Waals surface area contributed by atoms with Gasteiger partial charge in [-0.25, -0.2) is 0 Å². The molecule has 0 spiro atoms. The normalized spacial score (nSPS) is 42.0. The Bertz CT molecular complexity index is 544. The molecule has 2 aliphatic carbocycles. The van der Waals surface area contributed by atoms with E-state index in [0.29, 0.717) is 10.8 Å². The first-order valence-electron chi connectivity index (χ1n) is 9.73. The van der Waals surface area contributed by atoms with E-state index in [1.54, 1.807) is 4.90 Å². The summed E-state index contributed by atoms with van der Waals surface area (Å²) in [7, 11) is 0. The van der Waals surface area contributed by atoms with Gasteiger partial charge in [-0.05, 0) is 24.2 Å². The van der Waals surface area contributed by atoms with Crippen LogP contribution in [0.1, 0.15) is 45.6 Å². The highest BCUT2D eigenvalue weighted by atomic mass is 15.3. The van der Waals surface area contributed by atoms with Crippen LogP contribution in [0.5, 0.6) is 0 Å². The summed E-state index contributed by atoms with van der Waals surface area (Å²) >= 11 is 0. The quantitative estimate of drug-likeness (QED) is 0.829. The van der Waals surface area contributed by atoms with Gasteiger partial charge in [-0.3, -0.25) is 0 Å². The molecule has 1 aromatic carbocycles. The summed E-state index contributed by atoms with van der Waals surface area (Å²) in [6, 6.07) is 12.0. The SMILES string of the molecule is CC1(C)[C@@H]2CC[C@]1(C)[C@H]([NH+]1CC[NH+](Cc3ccccc3)CC1)C2. The molecule has 2 nitrogen and oxygen atoms in total. The van der Waals surface area contributed by atoms with Crippen molar-refractivity contribution in [2.24, 2.45) is 16.7 Å². The van der Waals surface area contributed by atoms with E-state index >= 15 is 0 Å². The molecule has 4 rings (SSSR count). The third kappa shape index (κ3) is 2.46. The molecular formula is C21H34N2+2. The molecule has 0 radical (unpaired) electrons. The third-order valence-corrected chi connectivity index (χ3v) is 8.18. The molecule has 2 bridgehead atoms. The Balaban J connectivity index is 1.37.